The molecule has 0 aromatic rings. The normalized spacial score (nSPS) is 27.3. The van der Waals surface area contributed by atoms with Gasteiger partial charge in [0.15, 0.2) is 14.9 Å². The predicted molar refractivity (Wildman–Crippen MR) is 75.5 cm³/mol. The number of alkyl halides is 5. The Kier molecular flexibility index (Phi) is 4.57. The Labute approximate surface area is 135 Å². The molecule has 0 aromatic heterocycles. The van der Waals surface area contributed by atoms with Gasteiger partial charge in [0.2, 0.25) is 0 Å². The molecule has 2 atom stereocenters. The SMILES string of the molecule is CN1N=C(C(F)(F)F)C(CS(=O)(=O)C2=NOC(C)(C)C2)C1C(F)F. The average Bonchev–Trinajstić information content (AvgIpc) is 2.89. The van der Waals surface area contributed by atoms with Crippen molar-refractivity contribution in [1.82, 2.24) is 5.01 Å². The van der Waals surface area contributed by atoms with Gasteiger partial charge in [-0.2, -0.15) is 18.3 Å². The fourth-order valence-electron chi connectivity index (χ4n) is 2.62. The number of hydrazone groups is 1. The van der Waals surface area contributed by atoms with Crippen molar-refractivity contribution < 1.29 is 35.2 Å². The zero-order valence-electron chi connectivity index (χ0n) is 13.0. The molecule has 0 aliphatic carbocycles. The van der Waals surface area contributed by atoms with Gasteiger partial charge >= 0.3 is 6.18 Å². The number of hydrogen-bond acceptors (Lipinski definition) is 6. The van der Waals surface area contributed by atoms with Crippen molar-refractivity contribution in [2.45, 2.75) is 44.5 Å². The molecule has 0 bridgehead atoms. The number of hydrogen-bond donors (Lipinski definition) is 0. The van der Waals surface area contributed by atoms with E-state index >= 15 is 0 Å². The fraction of sp³-hybridized carbons (Fsp3) is 0.833. The van der Waals surface area contributed by atoms with Crippen LogP contribution >= 0.6 is 0 Å². The highest BCUT2D eigenvalue weighted by atomic mass is 32.2. The van der Waals surface area contributed by atoms with E-state index in [1.807, 2.05) is 0 Å². The van der Waals surface area contributed by atoms with Gasteiger partial charge in [0.05, 0.1) is 11.7 Å². The van der Waals surface area contributed by atoms with E-state index in [1.165, 1.54) is 0 Å². The number of sulfone groups is 1. The van der Waals surface area contributed by atoms with E-state index in [0.29, 0.717) is 5.01 Å². The number of halogens is 5. The highest BCUT2D eigenvalue weighted by molar-refractivity contribution is 8.06. The van der Waals surface area contributed by atoms with E-state index in [0.717, 1.165) is 7.05 Å². The topological polar surface area (TPSA) is 71.3 Å². The summed E-state index contributed by atoms with van der Waals surface area (Å²) in [6.07, 6.45) is -8.35. The van der Waals surface area contributed by atoms with Crippen molar-refractivity contribution >= 4 is 20.6 Å². The van der Waals surface area contributed by atoms with Gasteiger partial charge in [-0.3, -0.25) is 5.01 Å². The fourth-order valence-corrected chi connectivity index (χ4v) is 4.36. The first-order chi connectivity index (χ1) is 10.7. The molecule has 0 saturated heterocycles. The van der Waals surface area contributed by atoms with Crippen LogP contribution in [0.4, 0.5) is 22.0 Å². The van der Waals surface area contributed by atoms with Crippen molar-refractivity contribution in [3.05, 3.63) is 0 Å². The molecule has 0 aromatic carbocycles. The molecule has 138 valence electrons. The Balaban J connectivity index is 2.32. The summed E-state index contributed by atoms with van der Waals surface area (Å²) in [5, 5.41) is 6.49. The van der Waals surface area contributed by atoms with Gasteiger partial charge in [-0.1, -0.05) is 5.16 Å². The molecule has 2 heterocycles. The summed E-state index contributed by atoms with van der Waals surface area (Å²) >= 11 is 0. The lowest BCUT2D eigenvalue weighted by Crippen LogP contribution is -2.44. The second-order valence-electron chi connectivity index (χ2n) is 6.28. The molecular formula is C12H16F5N3O3S. The van der Waals surface area contributed by atoms with E-state index in [4.69, 9.17) is 4.84 Å². The van der Waals surface area contributed by atoms with Crippen LogP contribution in [0, 0.1) is 5.92 Å². The van der Waals surface area contributed by atoms with Crippen molar-refractivity contribution in [3.63, 3.8) is 0 Å². The maximum absolute atomic E-state index is 13.1. The lowest BCUT2D eigenvalue weighted by atomic mass is 9.97. The number of rotatable bonds is 3. The third-order valence-electron chi connectivity index (χ3n) is 3.74. The minimum atomic E-state index is -5.01. The van der Waals surface area contributed by atoms with Crippen LogP contribution in [0.5, 0.6) is 0 Å². The van der Waals surface area contributed by atoms with Crippen molar-refractivity contribution in [2.24, 2.45) is 16.2 Å². The first-order valence-corrected chi connectivity index (χ1v) is 8.54. The molecule has 2 aliphatic rings. The first-order valence-electron chi connectivity index (χ1n) is 6.89. The summed E-state index contributed by atoms with van der Waals surface area (Å²) in [6.45, 7) is 3.10. The lowest BCUT2D eigenvalue weighted by molar-refractivity contribution is -0.0626. The Morgan fingerprint density at radius 3 is 2.38 bits per heavy atom. The van der Waals surface area contributed by atoms with Crippen LogP contribution in [-0.4, -0.2) is 61.2 Å². The summed E-state index contributed by atoms with van der Waals surface area (Å²) in [7, 11) is -3.36. The molecule has 0 N–H and O–H groups in total. The van der Waals surface area contributed by atoms with Gasteiger partial charge in [-0.05, 0) is 13.8 Å². The van der Waals surface area contributed by atoms with E-state index in [1.54, 1.807) is 13.8 Å². The number of oxime groups is 1. The van der Waals surface area contributed by atoms with Crippen LogP contribution < -0.4 is 0 Å². The average molecular weight is 377 g/mol. The molecule has 0 radical (unpaired) electrons. The lowest BCUT2D eigenvalue weighted by Gasteiger charge is -2.24. The summed E-state index contributed by atoms with van der Waals surface area (Å²) in [6, 6.07) is -1.98. The van der Waals surface area contributed by atoms with Gasteiger partial charge in [-0.25, -0.2) is 17.2 Å². The summed E-state index contributed by atoms with van der Waals surface area (Å²) in [5.74, 6) is -3.17. The van der Waals surface area contributed by atoms with Gasteiger partial charge in [0.1, 0.15) is 17.4 Å². The van der Waals surface area contributed by atoms with Crippen LogP contribution in [-0.2, 0) is 14.7 Å². The third kappa shape index (κ3) is 3.62. The zero-order valence-corrected chi connectivity index (χ0v) is 13.8. The maximum atomic E-state index is 13.1. The minimum Gasteiger partial charge on any atom is -0.389 e. The van der Waals surface area contributed by atoms with Crippen molar-refractivity contribution in [2.75, 3.05) is 12.8 Å². The molecule has 0 spiro atoms. The Hall–Kier alpha value is -1.46. The van der Waals surface area contributed by atoms with Crippen LogP contribution in [0.25, 0.3) is 0 Å². The van der Waals surface area contributed by atoms with Crippen molar-refractivity contribution in [1.29, 1.82) is 0 Å². The standard InChI is InChI=1S/C12H16F5N3O3S/c1-11(2)4-7(19-23-11)24(21,22)5-6-8(10(13)14)20(3)18-9(6)12(15,16)17/h6,8,10H,4-5H2,1-3H3. The minimum absolute atomic E-state index is 0.143. The van der Waals surface area contributed by atoms with Gasteiger partial charge in [-0.15, -0.1) is 0 Å². The Morgan fingerprint density at radius 2 is 1.96 bits per heavy atom. The van der Waals surface area contributed by atoms with E-state index in [-0.39, 0.29) is 6.42 Å². The van der Waals surface area contributed by atoms with E-state index < -0.39 is 56.5 Å². The molecule has 12 heteroatoms. The monoisotopic (exact) mass is 377 g/mol. The molecule has 2 unspecified atom stereocenters. The highest BCUT2D eigenvalue weighted by Crippen LogP contribution is 2.36. The second-order valence-corrected chi connectivity index (χ2v) is 8.32. The van der Waals surface area contributed by atoms with Crippen LogP contribution in [0.3, 0.4) is 0 Å². The first kappa shape index (κ1) is 18.9. The van der Waals surface area contributed by atoms with Crippen molar-refractivity contribution in [3.8, 4) is 0 Å². The molecule has 6 nitrogen and oxygen atoms in total. The second kappa shape index (κ2) is 5.81. The Bertz CT molecular complexity index is 672. The van der Waals surface area contributed by atoms with Crippen LogP contribution in [0.2, 0.25) is 0 Å². The predicted octanol–water partition coefficient (Wildman–Crippen LogP) is 2.03. The Morgan fingerprint density at radius 1 is 1.38 bits per heavy atom. The molecule has 2 rings (SSSR count). The van der Waals surface area contributed by atoms with Gasteiger partial charge < -0.3 is 4.84 Å². The third-order valence-corrected chi connectivity index (χ3v) is 5.47. The smallest absolute Gasteiger partial charge is 0.389 e. The summed E-state index contributed by atoms with van der Waals surface area (Å²) in [4.78, 5) is 4.89. The molecule has 0 amide bonds. The molecule has 2 aliphatic heterocycles. The summed E-state index contributed by atoms with van der Waals surface area (Å²) in [5.41, 5.74) is -2.45. The maximum Gasteiger partial charge on any atom is 0.431 e. The van der Waals surface area contributed by atoms with E-state index in [9.17, 15) is 30.4 Å². The highest BCUT2D eigenvalue weighted by Gasteiger charge is 2.54. The molecule has 0 saturated carbocycles. The molecule has 0 fully saturated rings. The van der Waals surface area contributed by atoms with Crippen LogP contribution in [0.1, 0.15) is 20.3 Å². The van der Waals surface area contributed by atoms with Crippen LogP contribution in [0.15, 0.2) is 10.3 Å². The molecule has 24 heavy (non-hydrogen) atoms. The largest absolute Gasteiger partial charge is 0.431 e. The quantitative estimate of drug-likeness (QED) is 0.706. The summed E-state index contributed by atoms with van der Waals surface area (Å²) < 4.78 is 90.1. The van der Waals surface area contributed by atoms with Gasteiger partial charge in [0, 0.05) is 13.5 Å². The zero-order chi connectivity index (χ0) is 18.5. The van der Waals surface area contributed by atoms with Gasteiger partial charge in [0.25, 0.3) is 6.43 Å². The number of nitrogens with zero attached hydrogens (tertiary/aromatic N) is 3. The molecular weight excluding hydrogens is 361 g/mol. The van der Waals surface area contributed by atoms with E-state index in [2.05, 4.69) is 10.3 Å².